The van der Waals surface area contributed by atoms with Gasteiger partial charge in [0.15, 0.2) is 5.13 Å². The van der Waals surface area contributed by atoms with Gasteiger partial charge in [-0.3, -0.25) is 14.9 Å². The van der Waals surface area contributed by atoms with Gasteiger partial charge in [-0.1, -0.05) is 0 Å². The molecule has 0 spiro atoms. The quantitative estimate of drug-likeness (QED) is 0.729. The Bertz CT molecular complexity index is 996. The lowest BCUT2D eigenvalue weighted by Gasteiger charge is -2.07. The van der Waals surface area contributed by atoms with Crippen LogP contribution >= 0.6 is 22.7 Å². The number of hydrogen-bond acceptors (Lipinski definition) is 7. The van der Waals surface area contributed by atoms with Crippen molar-refractivity contribution in [2.24, 2.45) is 0 Å². The Hall–Kier alpha value is -2.10. The van der Waals surface area contributed by atoms with Crippen molar-refractivity contribution in [3.8, 4) is 0 Å². The first-order valence-corrected chi connectivity index (χ1v) is 9.32. The molecule has 0 atom stereocenters. The zero-order chi connectivity index (χ0) is 18.3. The van der Waals surface area contributed by atoms with Gasteiger partial charge in [-0.2, -0.15) is 0 Å². The fourth-order valence-electron chi connectivity index (χ4n) is 2.46. The van der Waals surface area contributed by atoms with E-state index in [0.29, 0.717) is 38.2 Å². The Morgan fingerprint density at radius 1 is 1.20 bits per heavy atom. The number of aromatic nitrogens is 3. The number of hydrogen-bond donors (Lipinski definition) is 2. The molecule has 0 bridgehead atoms. The second kappa shape index (κ2) is 6.66. The van der Waals surface area contributed by atoms with Crippen molar-refractivity contribution in [2.75, 3.05) is 19.4 Å². The van der Waals surface area contributed by atoms with Crippen molar-refractivity contribution in [1.29, 1.82) is 0 Å². The third-order valence-electron chi connectivity index (χ3n) is 3.77. The van der Waals surface area contributed by atoms with Crippen LogP contribution in [0.3, 0.4) is 0 Å². The SMILES string of the molecule is Cc1nc(NC(=O)c2sc3nc(CN(C)C)[nH]c(=O)c3c2C)sc1C. The monoisotopic (exact) mass is 377 g/mol. The molecule has 0 radical (unpaired) electrons. The molecule has 1 amide bonds. The van der Waals surface area contributed by atoms with Gasteiger partial charge in [-0.15, -0.1) is 22.7 Å². The molecule has 7 nitrogen and oxygen atoms in total. The maximum absolute atomic E-state index is 12.6. The van der Waals surface area contributed by atoms with Crippen molar-refractivity contribution < 1.29 is 4.79 Å². The lowest BCUT2D eigenvalue weighted by Crippen LogP contribution is -2.18. The molecule has 0 aliphatic rings. The Kier molecular flexibility index (Phi) is 4.72. The molecule has 0 saturated heterocycles. The number of carbonyl (C=O) groups is 1. The highest BCUT2D eigenvalue weighted by molar-refractivity contribution is 7.21. The molecule has 2 N–H and O–H groups in total. The fraction of sp³-hybridized carbons (Fsp3) is 0.375. The van der Waals surface area contributed by atoms with Crippen LogP contribution in [0.25, 0.3) is 10.2 Å². The summed E-state index contributed by atoms with van der Waals surface area (Å²) < 4.78 is 0. The van der Waals surface area contributed by atoms with E-state index < -0.39 is 0 Å². The number of thiophene rings is 1. The van der Waals surface area contributed by atoms with Gasteiger partial charge < -0.3 is 9.88 Å². The summed E-state index contributed by atoms with van der Waals surface area (Å²) in [5.74, 6) is 0.324. The first-order chi connectivity index (χ1) is 11.8. The van der Waals surface area contributed by atoms with Gasteiger partial charge in [0.25, 0.3) is 11.5 Å². The van der Waals surface area contributed by atoms with Crippen molar-refractivity contribution >= 4 is 43.9 Å². The molecule has 3 heterocycles. The van der Waals surface area contributed by atoms with E-state index in [0.717, 1.165) is 10.6 Å². The Morgan fingerprint density at radius 3 is 2.52 bits per heavy atom. The molecule has 0 saturated carbocycles. The van der Waals surface area contributed by atoms with Crippen LogP contribution in [0.4, 0.5) is 5.13 Å². The van der Waals surface area contributed by atoms with E-state index in [2.05, 4.69) is 20.3 Å². The van der Waals surface area contributed by atoms with Crippen LogP contribution in [0.1, 0.15) is 31.6 Å². The molecule has 9 heteroatoms. The molecule has 0 fully saturated rings. The minimum atomic E-state index is -0.261. The number of rotatable bonds is 4. The van der Waals surface area contributed by atoms with E-state index in [1.807, 2.05) is 32.8 Å². The van der Waals surface area contributed by atoms with E-state index in [-0.39, 0.29) is 11.5 Å². The third-order valence-corrected chi connectivity index (χ3v) is 5.94. The third kappa shape index (κ3) is 3.48. The molecular formula is C16H19N5O2S2. The summed E-state index contributed by atoms with van der Waals surface area (Å²) in [7, 11) is 3.81. The molecule has 132 valence electrons. The van der Waals surface area contributed by atoms with Crippen LogP contribution in [-0.2, 0) is 6.54 Å². The molecule has 0 unspecified atom stereocenters. The summed E-state index contributed by atoms with van der Waals surface area (Å²) in [6.45, 7) is 6.17. The van der Waals surface area contributed by atoms with Crippen LogP contribution < -0.4 is 10.9 Å². The number of aromatic amines is 1. The number of carbonyl (C=O) groups excluding carboxylic acids is 1. The van der Waals surface area contributed by atoms with Crippen molar-refractivity contribution in [2.45, 2.75) is 27.3 Å². The van der Waals surface area contributed by atoms with Gasteiger partial charge in [0, 0.05) is 4.88 Å². The molecule has 3 aromatic rings. The Balaban J connectivity index is 1.98. The molecule has 3 aromatic heterocycles. The van der Waals surface area contributed by atoms with Gasteiger partial charge in [0.2, 0.25) is 0 Å². The average Bonchev–Trinajstić information content (AvgIpc) is 2.98. The molecular weight excluding hydrogens is 358 g/mol. The van der Waals surface area contributed by atoms with Gasteiger partial charge >= 0.3 is 0 Å². The lowest BCUT2D eigenvalue weighted by atomic mass is 10.2. The second-order valence-electron chi connectivity index (χ2n) is 6.10. The number of nitrogens with zero attached hydrogens (tertiary/aromatic N) is 3. The van der Waals surface area contributed by atoms with Crippen molar-refractivity contribution in [1.82, 2.24) is 19.9 Å². The largest absolute Gasteiger partial charge is 0.309 e. The molecule has 25 heavy (non-hydrogen) atoms. The molecule has 0 aliphatic carbocycles. The van der Waals surface area contributed by atoms with Gasteiger partial charge in [-0.05, 0) is 40.4 Å². The number of anilines is 1. The van der Waals surface area contributed by atoms with E-state index in [1.54, 1.807) is 6.92 Å². The zero-order valence-electron chi connectivity index (χ0n) is 14.7. The standard InChI is InChI=1S/C16H19N5O2S2/c1-7-11-13(22)18-10(6-21(4)5)19-15(11)25-12(7)14(23)20-16-17-8(2)9(3)24-16/h6H2,1-5H3,(H,17,20,23)(H,18,19,22). The Morgan fingerprint density at radius 2 is 1.92 bits per heavy atom. The van der Waals surface area contributed by atoms with Crippen LogP contribution in [0, 0.1) is 20.8 Å². The smallest absolute Gasteiger partial charge is 0.267 e. The van der Waals surface area contributed by atoms with E-state index in [4.69, 9.17) is 0 Å². The first kappa shape index (κ1) is 17.7. The highest BCUT2D eigenvalue weighted by atomic mass is 32.1. The number of aryl methyl sites for hydroxylation is 3. The van der Waals surface area contributed by atoms with Gasteiger partial charge in [0.05, 0.1) is 22.5 Å². The fourth-order valence-corrected chi connectivity index (χ4v) is 4.37. The maximum Gasteiger partial charge on any atom is 0.267 e. The van der Waals surface area contributed by atoms with Crippen LogP contribution in [0.2, 0.25) is 0 Å². The number of fused-ring (bicyclic) bond motifs is 1. The predicted octanol–water partition coefficient (Wildman–Crippen LogP) is 2.68. The summed E-state index contributed by atoms with van der Waals surface area (Å²) in [6, 6.07) is 0. The van der Waals surface area contributed by atoms with Gasteiger partial charge in [-0.25, -0.2) is 9.97 Å². The summed E-state index contributed by atoms with van der Waals surface area (Å²) in [5, 5.41) is 3.86. The minimum absolute atomic E-state index is 0.212. The topological polar surface area (TPSA) is 91.0 Å². The number of amides is 1. The van der Waals surface area contributed by atoms with Crippen LogP contribution in [-0.4, -0.2) is 39.9 Å². The summed E-state index contributed by atoms with van der Waals surface area (Å²) in [4.78, 5) is 40.7. The maximum atomic E-state index is 12.6. The van der Waals surface area contributed by atoms with Crippen molar-refractivity contribution in [3.63, 3.8) is 0 Å². The summed E-state index contributed by atoms with van der Waals surface area (Å²) >= 11 is 2.67. The highest BCUT2D eigenvalue weighted by Gasteiger charge is 2.20. The molecule has 0 aliphatic heterocycles. The average molecular weight is 377 g/mol. The van der Waals surface area contributed by atoms with E-state index in [1.165, 1.54) is 22.7 Å². The highest BCUT2D eigenvalue weighted by Crippen LogP contribution is 2.29. The van der Waals surface area contributed by atoms with Crippen LogP contribution in [0.15, 0.2) is 4.79 Å². The molecule has 3 rings (SSSR count). The Labute approximate surface area is 152 Å². The predicted molar refractivity (Wildman–Crippen MR) is 102 cm³/mol. The van der Waals surface area contributed by atoms with Gasteiger partial charge in [0.1, 0.15) is 10.7 Å². The van der Waals surface area contributed by atoms with Crippen molar-refractivity contribution in [3.05, 3.63) is 37.2 Å². The summed E-state index contributed by atoms with van der Waals surface area (Å²) in [6.07, 6.45) is 0. The second-order valence-corrected chi connectivity index (χ2v) is 8.30. The van der Waals surface area contributed by atoms with E-state index >= 15 is 0 Å². The number of thiazole rings is 1. The lowest BCUT2D eigenvalue weighted by molar-refractivity contribution is 0.103. The normalized spacial score (nSPS) is 11.4. The van der Waals surface area contributed by atoms with E-state index in [9.17, 15) is 9.59 Å². The van der Waals surface area contributed by atoms with Crippen LogP contribution in [0.5, 0.6) is 0 Å². The molecule has 0 aromatic carbocycles. The number of nitrogens with one attached hydrogen (secondary N) is 2. The number of H-pyrrole nitrogens is 1. The zero-order valence-corrected chi connectivity index (χ0v) is 16.3. The first-order valence-electron chi connectivity index (χ1n) is 7.68. The minimum Gasteiger partial charge on any atom is -0.309 e. The summed E-state index contributed by atoms with van der Waals surface area (Å²) in [5.41, 5.74) is 1.34.